The molecular formula is C12H9Cl4NO4. The Kier molecular flexibility index (Phi) is 4.03. The first kappa shape index (κ1) is 15.6. The SMILES string of the molecule is O=C1OC(O)(N2CCOCC2)c2c(Cl)c(Cl)c(Cl)c(Cl)c21. The fraction of sp³-hybridized carbons (Fsp3) is 0.417. The van der Waals surface area contributed by atoms with E-state index in [4.69, 9.17) is 55.9 Å². The Morgan fingerprint density at radius 2 is 1.57 bits per heavy atom. The number of hydrogen-bond acceptors (Lipinski definition) is 5. The topological polar surface area (TPSA) is 59.0 Å². The minimum absolute atomic E-state index is 0.0236. The van der Waals surface area contributed by atoms with Crippen molar-refractivity contribution in [2.24, 2.45) is 0 Å². The second-order valence-electron chi connectivity index (χ2n) is 4.60. The highest BCUT2D eigenvalue weighted by atomic mass is 35.5. The number of cyclic esters (lactones) is 1. The van der Waals surface area contributed by atoms with Crippen molar-refractivity contribution in [3.05, 3.63) is 31.2 Å². The molecule has 21 heavy (non-hydrogen) atoms. The van der Waals surface area contributed by atoms with Crippen LogP contribution in [0.5, 0.6) is 0 Å². The summed E-state index contributed by atoms with van der Waals surface area (Å²) in [5.41, 5.74) is -0.0412. The third kappa shape index (κ3) is 2.23. The highest BCUT2D eigenvalue weighted by Crippen LogP contribution is 2.50. The number of esters is 1. The van der Waals surface area contributed by atoms with Crippen LogP contribution in [0, 0.1) is 0 Å². The third-order valence-corrected chi connectivity index (χ3v) is 5.27. The first-order chi connectivity index (χ1) is 9.88. The first-order valence-corrected chi connectivity index (χ1v) is 7.54. The number of ether oxygens (including phenoxy) is 2. The average molecular weight is 373 g/mol. The van der Waals surface area contributed by atoms with Crippen LogP contribution in [0.1, 0.15) is 15.9 Å². The molecule has 1 aromatic rings. The quantitative estimate of drug-likeness (QED) is 0.466. The Labute approximate surface area is 140 Å². The van der Waals surface area contributed by atoms with Gasteiger partial charge < -0.3 is 14.6 Å². The van der Waals surface area contributed by atoms with E-state index in [0.29, 0.717) is 26.3 Å². The summed E-state index contributed by atoms with van der Waals surface area (Å²) in [7, 11) is 0. The van der Waals surface area contributed by atoms with E-state index in [1.54, 1.807) is 0 Å². The van der Waals surface area contributed by atoms with Crippen LogP contribution in [0.2, 0.25) is 20.1 Å². The second-order valence-corrected chi connectivity index (χ2v) is 6.11. The van der Waals surface area contributed by atoms with Crippen LogP contribution in [0.15, 0.2) is 0 Å². The van der Waals surface area contributed by atoms with Gasteiger partial charge in [-0.05, 0) is 0 Å². The summed E-state index contributed by atoms with van der Waals surface area (Å²) in [6, 6.07) is 0. The molecule has 5 nitrogen and oxygen atoms in total. The lowest BCUT2D eigenvalue weighted by Crippen LogP contribution is -2.51. The Bertz CT molecular complexity index is 632. The van der Waals surface area contributed by atoms with Gasteiger partial charge in [-0.1, -0.05) is 46.4 Å². The fourth-order valence-corrected chi connectivity index (χ4v) is 3.50. The number of hydrogen-bond donors (Lipinski definition) is 1. The molecule has 0 bridgehead atoms. The Morgan fingerprint density at radius 1 is 1.00 bits per heavy atom. The minimum atomic E-state index is -2.02. The van der Waals surface area contributed by atoms with Crippen molar-refractivity contribution in [2.45, 2.75) is 5.91 Å². The van der Waals surface area contributed by atoms with Crippen molar-refractivity contribution in [3.63, 3.8) is 0 Å². The number of carbonyl (C=O) groups excluding carboxylic acids is 1. The number of halogens is 4. The maximum atomic E-state index is 12.1. The van der Waals surface area contributed by atoms with E-state index in [1.165, 1.54) is 4.90 Å². The zero-order valence-corrected chi connectivity index (χ0v) is 13.5. The Hall–Kier alpha value is -0.270. The minimum Gasteiger partial charge on any atom is -0.411 e. The van der Waals surface area contributed by atoms with Crippen molar-refractivity contribution in [1.82, 2.24) is 4.90 Å². The van der Waals surface area contributed by atoms with Crippen LogP contribution < -0.4 is 0 Å². The molecule has 0 radical (unpaired) electrons. The van der Waals surface area contributed by atoms with Crippen LogP contribution in [-0.4, -0.2) is 42.3 Å². The lowest BCUT2D eigenvalue weighted by atomic mass is 10.1. The smallest absolute Gasteiger partial charge is 0.344 e. The molecule has 3 rings (SSSR count). The highest BCUT2D eigenvalue weighted by molar-refractivity contribution is 6.53. The molecule has 9 heteroatoms. The lowest BCUT2D eigenvalue weighted by molar-refractivity contribution is -0.276. The maximum Gasteiger partial charge on any atom is 0.344 e. The summed E-state index contributed by atoms with van der Waals surface area (Å²) in [4.78, 5) is 13.6. The standard InChI is InChI=1S/C12H9Cl4NO4/c13-7-5-6(8(14)10(16)9(7)15)12(19,21-11(5)18)17-1-3-20-4-2-17/h19H,1-4H2. The summed E-state index contributed by atoms with van der Waals surface area (Å²) in [6.07, 6.45) is 0. The number of carbonyl (C=O) groups is 1. The number of morpholine rings is 1. The molecule has 0 spiro atoms. The second kappa shape index (κ2) is 5.42. The predicted octanol–water partition coefficient (Wildman–Crippen LogP) is 2.91. The van der Waals surface area contributed by atoms with Gasteiger partial charge in [0.05, 0.1) is 44.4 Å². The summed E-state index contributed by atoms with van der Waals surface area (Å²) in [5.74, 6) is -2.82. The van der Waals surface area contributed by atoms with E-state index in [-0.39, 0.29) is 31.2 Å². The molecule has 0 saturated carbocycles. The molecule has 0 amide bonds. The highest BCUT2D eigenvalue weighted by Gasteiger charge is 2.53. The van der Waals surface area contributed by atoms with Crippen LogP contribution >= 0.6 is 46.4 Å². The van der Waals surface area contributed by atoms with Gasteiger partial charge in [-0.25, -0.2) is 9.69 Å². The van der Waals surface area contributed by atoms with Gasteiger partial charge in [-0.15, -0.1) is 0 Å². The molecule has 1 N–H and O–H groups in total. The maximum absolute atomic E-state index is 12.1. The van der Waals surface area contributed by atoms with Crippen molar-refractivity contribution >= 4 is 52.4 Å². The number of rotatable bonds is 1. The van der Waals surface area contributed by atoms with E-state index in [2.05, 4.69) is 0 Å². The van der Waals surface area contributed by atoms with Crippen LogP contribution in [-0.2, 0) is 15.4 Å². The molecule has 0 aromatic heterocycles. The molecule has 1 fully saturated rings. The van der Waals surface area contributed by atoms with Gasteiger partial charge in [0.2, 0.25) is 0 Å². The van der Waals surface area contributed by atoms with Crippen molar-refractivity contribution < 1.29 is 19.4 Å². The fourth-order valence-electron chi connectivity index (χ4n) is 2.45. The molecular weight excluding hydrogens is 364 g/mol. The number of fused-ring (bicyclic) bond motifs is 1. The zero-order valence-electron chi connectivity index (χ0n) is 10.5. The first-order valence-electron chi connectivity index (χ1n) is 6.03. The van der Waals surface area contributed by atoms with E-state index in [9.17, 15) is 9.90 Å². The summed E-state index contributed by atoms with van der Waals surface area (Å²) in [6.45, 7) is 1.50. The predicted molar refractivity (Wildman–Crippen MR) is 78.2 cm³/mol. The van der Waals surface area contributed by atoms with E-state index < -0.39 is 11.9 Å². The van der Waals surface area contributed by atoms with E-state index in [1.807, 2.05) is 0 Å². The van der Waals surface area contributed by atoms with Gasteiger partial charge in [0.25, 0.3) is 0 Å². The number of aliphatic hydroxyl groups is 1. The summed E-state index contributed by atoms with van der Waals surface area (Å²) in [5, 5.41) is 10.6. The van der Waals surface area contributed by atoms with Crippen molar-refractivity contribution in [2.75, 3.05) is 26.3 Å². The number of nitrogens with zero attached hydrogens (tertiary/aromatic N) is 1. The molecule has 0 aliphatic carbocycles. The van der Waals surface area contributed by atoms with Gasteiger partial charge in [0.1, 0.15) is 0 Å². The molecule has 1 unspecified atom stereocenters. The normalized spacial score (nSPS) is 25.9. The summed E-state index contributed by atoms with van der Waals surface area (Å²) < 4.78 is 10.3. The zero-order chi connectivity index (χ0) is 15.4. The molecule has 2 heterocycles. The monoisotopic (exact) mass is 371 g/mol. The number of benzene rings is 1. The molecule has 1 aromatic carbocycles. The molecule has 1 saturated heterocycles. The van der Waals surface area contributed by atoms with Crippen LogP contribution in [0.3, 0.4) is 0 Å². The third-order valence-electron chi connectivity index (χ3n) is 3.47. The molecule has 2 aliphatic heterocycles. The van der Waals surface area contributed by atoms with Gasteiger partial charge in [0, 0.05) is 13.1 Å². The summed E-state index contributed by atoms with van der Waals surface area (Å²) >= 11 is 24.2. The molecule has 1 atom stereocenters. The van der Waals surface area contributed by atoms with E-state index in [0.717, 1.165) is 0 Å². The van der Waals surface area contributed by atoms with Crippen molar-refractivity contribution in [1.29, 1.82) is 0 Å². The van der Waals surface area contributed by atoms with Gasteiger partial charge >= 0.3 is 11.9 Å². The Balaban J connectivity index is 2.21. The molecule has 114 valence electrons. The van der Waals surface area contributed by atoms with Crippen molar-refractivity contribution in [3.8, 4) is 0 Å². The Morgan fingerprint density at radius 3 is 2.19 bits per heavy atom. The van der Waals surface area contributed by atoms with Gasteiger partial charge in [0.15, 0.2) is 0 Å². The van der Waals surface area contributed by atoms with Gasteiger partial charge in [-0.3, -0.25) is 0 Å². The van der Waals surface area contributed by atoms with Gasteiger partial charge in [-0.2, -0.15) is 0 Å². The van der Waals surface area contributed by atoms with Crippen LogP contribution in [0.25, 0.3) is 0 Å². The van der Waals surface area contributed by atoms with E-state index >= 15 is 0 Å². The van der Waals surface area contributed by atoms with Crippen LogP contribution in [0.4, 0.5) is 0 Å². The molecule has 2 aliphatic rings. The average Bonchev–Trinajstić information content (AvgIpc) is 2.76. The largest absolute Gasteiger partial charge is 0.411 e. The lowest BCUT2D eigenvalue weighted by Gasteiger charge is -2.37.